The van der Waals surface area contributed by atoms with Crippen molar-refractivity contribution < 1.29 is 98.1 Å². The molecule has 0 spiro atoms. The fourth-order valence-corrected chi connectivity index (χ4v) is 16.7. The first-order valence-electron chi connectivity index (χ1n) is 39.5. The summed E-state index contributed by atoms with van der Waals surface area (Å²) in [4.78, 5) is 85.8. The summed E-state index contributed by atoms with van der Waals surface area (Å²) in [5.74, 6) is 3.99. The standard InChI is InChI=1S/C18H34N2O2.C17H32N2O.C15H30N2.C9H15NO3.C9H15NO2.C8H12O2.C7H10O2.Na.2H2O/c1-7-22-16(21)19-18(6)9-8-15(10-18)20-11-13(2)17(4,5)14(3)12-20;1-12-10-19(11-13(2)16(12,4)5)15-7-8-17(6,9-15)18-14(3)20;1-11-9-17(10-12(2)14(11,3)4)13-6-7-15(5,16)8-13;1-3-13-8(12)10-9(2)5-4-7(11)6-9;1-3-12-8(11)10-9(2)6-4-5-7-9;1-8(7(9)10-2)5-3-4-6-8;1-7(6(8)9)4-2-3-5-7;;;/h13-15H,7-12H2,1-6H3,(H,19,21);12-13,15H,7-11H2,1-6H3,(H,18,20);11-13H,6-10,16H2,1-5H3;3-6H2,1-2H3,(H,10,12);4-5H,3,6-7H2,1-2H3,(H,10,11);3-4H,5-6H2,1-2H3;2-3H,4-5H2,1H3,(H,8,9);;2*1H2/q;;;;;;;+1;;/p-2. The number of aliphatic carboxylic acids is 1. The van der Waals surface area contributed by atoms with Gasteiger partial charge in [0.25, 0.3) is 0 Å². The molecule has 23 heteroatoms. The van der Waals surface area contributed by atoms with Gasteiger partial charge in [-0.05, 0) is 224 Å². The summed E-state index contributed by atoms with van der Waals surface area (Å²) in [5.41, 5.74) is 6.33. The van der Waals surface area contributed by atoms with Crippen LogP contribution in [0.15, 0.2) is 36.5 Å². The summed E-state index contributed by atoms with van der Waals surface area (Å²) < 4.78 is 19.2. The van der Waals surface area contributed by atoms with E-state index in [4.69, 9.17) is 25.1 Å². The summed E-state index contributed by atoms with van der Waals surface area (Å²) in [5, 5.41) is 20.4. The number of alkyl carbamates (subject to hydrolysis) is 3. The topological polar surface area (TPSA) is 320 Å². The van der Waals surface area contributed by atoms with Gasteiger partial charge in [0.15, 0.2) is 0 Å². The number of nitrogens with two attached hydrogens (primary N) is 1. The van der Waals surface area contributed by atoms with E-state index in [-0.39, 0.29) is 103 Å². The van der Waals surface area contributed by atoms with Crippen molar-refractivity contribution in [2.24, 2.45) is 68.3 Å². The molecular formula is C83H150N8NaO14-. The number of hydrogen-bond donors (Lipinski definition) is 6. The molecule has 3 saturated heterocycles. The number of allylic oxidation sites excluding steroid dienone is 4. The molecule has 0 bridgehead atoms. The van der Waals surface area contributed by atoms with Crippen LogP contribution in [0.4, 0.5) is 14.4 Å². The largest absolute Gasteiger partial charge is 1.00 e. The first kappa shape index (κ1) is 99.9. The van der Waals surface area contributed by atoms with Crippen LogP contribution in [0.5, 0.6) is 0 Å². The molecule has 3 heterocycles. The molecule has 10 aliphatic rings. The van der Waals surface area contributed by atoms with Crippen molar-refractivity contribution in [3.8, 4) is 0 Å². The van der Waals surface area contributed by atoms with Gasteiger partial charge in [-0.2, -0.15) is 0 Å². The predicted molar refractivity (Wildman–Crippen MR) is 418 cm³/mol. The average Bonchev–Trinajstić information content (AvgIpc) is 1.48. The van der Waals surface area contributed by atoms with Crippen LogP contribution in [0.2, 0.25) is 0 Å². The molecule has 13 atom stereocenters. The van der Waals surface area contributed by atoms with Gasteiger partial charge >= 0.3 is 59.8 Å². The molecule has 0 aromatic rings. The van der Waals surface area contributed by atoms with E-state index in [2.05, 4.69) is 157 Å². The number of esters is 1. The van der Waals surface area contributed by atoms with Crippen LogP contribution in [0.3, 0.4) is 0 Å². The van der Waals surface area contributed by atoms with Crippen molar-refractivity contribution in [3.63, 3.8) is 0 Å². The Balaban J connectivity index is 0.000000628. The Kier molecular flexibility index (Phi) is 40.0. The molecule has 0 aromatic carbocycles. The van der Waals surface area contributed by atoms with Gasteiger partial charge in [0.2, 0.25) is 5.91 Å². The number of likely N-dealkylation sites (tertiary alicyclic amines) is 3. The molecule has 9 N–H and O–H groups in total. The number of nitrogens with zero attached hydrogens (tertiary/aromatic N) is 3. The van der Waals surface area contributed by atoms with Gasteiger partial charge in [-0.25, -0.2) is 14.4 Å². The number of carboxylic acids is 1. The fourth-order valence-electron chi connectivity index (χ4n) is 16.7. The molecule has 0 radical (unpaired) electrons. The molecular weight excluding hydrogens is 1360 g/mol. The van der Waals surface area contributed by atoms with Crippen molar-refractivity contribution in [2.45, 2.75) is 321 Å². The smallest absolute Gasteiger partial charge is 0.870 e. The van der Waals surface area contributed by atoms with E-state index >= 15 is 0 Å². The second-order valence-corrected chi connectivity index (χ2v) is 36.8. The molecule has 7 aliphatic carbocycles. The Morgan fingerprint density at radius 3 is 1.05 bits per heavy atom. The van der Waals surface area contributed by atoms with Gasteiger partial charge in [-0.15, -0.1) is 0 Å². The Morgan fingerprint density at radius 2 is 0.764 bits per heavy atom. The molecule has 3 aliphatic heterocycles. The summed E-state index contributed by atoms with van der Waals surface area (Å²) in [6.07, 6.45) is 27.9. The van der Waals surface area contributed by atoms with E-state index in [1.165, 1.54) is 78.5 Å². The van der Waals surface area contributed by atoms with E-state index in [9.17, 15) is 33.6 Å². The number of Topliss-reactive ketones (excluding diaryl/α,β-unsaturated/α-hetero) is 1. The second-order valence-electron chi connectivity index (χ2n) is 36.8. The van der Waals surface area contributed by atoms with Crippen molar-refractivity contribution >= 4 is 41.9 Å². The zero-order chi connectivity index (χ0) is 78.0. The number of hydrogen-bond acceptors (Lipinski definition) is 17. The molecule has 4 amide bonds. The third-order valence-corrected chi connectivity index (χ3v) is 26.6. The van der Waals surface area contributed by atoms with Crippen LogP contribution in [0.25, 0.3) is 0 Å². The van der Waals surface area contributed by atoms with Crippen LogP contribution < -0.4 is 56.6 Å². The third-order valence-electron chi connectivity index (χ3n) is 26.6. The Morgan fingerprint density at radius 1 is 0.462 bits per heavy atom. The quantitative estimate of drug-likeness (QED) is 0.0458. The minimum absolute atomic E-state index is 0. The molecule has 13 unspecified atom stereocenters. The first-order valence-corrected chi connectivity index (χ1v) is 39.5. The molecule has 0 aromatic heterocycles. The van der Waals surface area contributed by atoms with E-state index in [0.717, 1.165) is 81.1 Å². The second kappa shape index (κ2) is 42.5. The first-order chi connectivity index (χ1) is 47.6. The maximum Gasteiger partial charge on any atom is 1.00 e. The predicted octanol–water partition coefficient (Wildman–Crippen LogP) is 12.3. The van der Waals surface area contributed by atoms with E-state index in [0.29, 0.717) is 92.1 Å². The summed E-state index contributed by atoms with van der Waals surface area (Å²) in [6.45, 7) is 58.6. The SMILES string of the molecule is CC(=O)NC1(C)CCC(N2CC(C)C(C)(C)C(C)C2)C1.CC1(C(=O)O)CC=CC1.CC1CN(C2CCC(C)(N)C2)CC(C)C1(C)C.CCOC(=O)NC1(C)CC=CC1.CCOC(=O)NC1(C)CCC(=O)C1.CCOC(=O)NC1(C)CCC(N2CC(C)C(C)(C)C(C)C2)C1.COC(=O)C1(C)CC=CC1.[Na+].[OH-].[OH-]. The Hall–Kier alpha value is -4.13. The van der Waals surface area contributed by atoms with Gasteiger partial charge in [0, 0.05) is 105 Å². The minimum Gasteiger partial charge on any atom is -0.870 e. The van der Waals surface area contributed by atoms with E-state index in [1.54, 1.807) is 27.7 Å². The number of methoxy groups -OCH3 is 1. The fraction of sp³-hybridized carbons (Fsp3) is 0.843. The van der Waals surface area contributed by atoms with Gasteiger partial charge in [0.1, 0.15) is 5.78 Å². The molecule has 106 heavy (non-hydrogen) atoms. The Bertz CT molecular complexity index is 2820. The maximum atomic E-state index is 11.7. The molecule has 22 nitrogen and oxygen atoms in total. The van der Waals surface area contributed by atoms with E-state index < -0.39 is 17.5 Å². The van der Waals surface area contributed by atoms with Crippen LogP contribution in [-0.4, -0.2) is 185 Å². The van der Waals surface area contributed by atoms with Gasteiger partial charge in [-0.3, -0.25) is 33.9 Å². The van der Waals surface area contributed by atoms with Crippen molar-refractivity contribution in [1.29, 1.82) is 0 Å². The summed E-state index contributed by atoms with van der Waals surface area (Å²) >= 11 is 0. The molecule has 7 fully saturated rings. The number of piperidine rings is 3. The zero-order valence-corrected chi connectivity index (χ0v) is 73.0. The number of amides is 4. The number of carboxylic acid groups (broad SMARTS) is 1. The number of rotatable bonds is 12. The maximum absolute atomic E-state index is 11.7. The van der Waals surface area contributed by atoms with Gasteiger partial charge in [0.05, 0.1) is 37.8 Å². The molecule has 4 saturated carbocycles. The average molecular weight is 1510 g/mol. The van der Waals surface area contributed by atoms with Crippen molar-refractivity contribution in [2.75, 3.05) is 66.2 Å². The van der Waals surface area contributed by atoms with Crippen LogP contribution in [-0.2, 0) is 38.1 Å². The number of carbonyl (C=O) groups excluding carboxylic acids is 6. The number of nitrogens with one attached hydrogen (secondary N) is 4. The summed E-state index contributed by atoms with van der Waals surface area (Å²) in [7, 11) is 1.44. The van der Waals surface area contributed by atoms with Crippen molar-refractivity contribution in [1.82, 2.24) is 36.0 Å². The minimum atomic E-state index is -0.688. The van der Waals surface area contributed by atoms with E-state index in [1.807, 2.05) is 52.0 Å². The number of ketones is 1. The van der Waals surface area contributed by atoms with Crippen LogP contribution in [0, 0.1) is 62.6 Å². The molecule has 10 rings (SSSR count). The van der Waals surface area contributed by atoms with Crippen LogP contribution >= 0.6 is 0 Å². The molecule has 608 valence electrons. The number of carbonyl (C=O) groups is 7. The zero-order valence-electron chi connectivity index (χ0n) is 71.0. The van der Waals surface area contributed by atoms with Gasteiger partial charge < -0.3 is 62.0 Å². The Labute approximate surface area is 663 Å². The monoisotopic (exact) mass is 1510 g/mol. The number of ether oxygens (including phenoxy) is 4. The third kappa shape index (κ3) is 29.5. The summed E-state index contributed by atoms with van der Waals surface area (Å²) in [6, 6.07) is 1.98. The normalized spacial score (nSPS) is 32.9. The van der Waals surface area contributed by atoms with Crippen molar-refractivity contribution in [3.05, 3.63) is 36.5 Å². The van der Waals surface area contributed by atoms with Gasteiger partial charge in [-0.1, -0.05) is 120 Å². The van der Waals surface area contributed by atoms with Crippen LogP contribution in [0.1, 0.15) is 275 Å².